The Balaban J connectivity index is 2.00. The van der Waals surface area contributed by atoms with Gasteiger partial charge in [0.2, 0.25) is 5.91 Å². The fourth-order valence-corrected chi connectivity index (χ4v) is 3.04. The van der Waals surface area contributed by atoms with Gasteiger partial charge in [0.25, 0.3) is 0 Å². The van der Waals surface area contributed by atoms with Crippen LogP contribution in [0.5, 0.6) is 0 Å². The van der Waals surface area contributed by atoms with E-state index in [0.29, 0.717) is 18.6 Å². The third-order valence-corrected chi connectivity index (χ3v) is 4.19. The number of morpholine rings is 1. The van der Waals surface area contributed by atoms with E-state index in [9.17, 15) is 4.79 Å². The van der Waals surface area contributed by atoms with Crippen molar-refractivity contribution >= 4 is 5.91 Å². The lowest BCUT2D eigenvalue weighted by molar-refractivity contribution is -0.149. The van der Waals surface area contributed by atoms with Crippen molar-refractivity contribution in [3.05, 3.63) is 0 Å². The minimum Gasteiger partial charge on any atom is -0.375 e. The zero-order chi connectivity index (χ0) is 13.1. The van der Waals surface area contributed by atoms with Crippen molar-refractivity contribution < 1.29 is 9.53 Å². The molecule has 2 aliphatic rings. The van der Waals surface area contributed by atoms with Crippen molar-refractivity contribution in [1.29, 1.82) is 0 Å². The van der Waals surface area contributed by atoms with E-state index in [1.54, 1.807) is 0 Å². The predicted molar refractivity (Wildman–Crippen MR) is 71.4 cm³/mol. The first kappa shape index (κ1) is 13.8. The summed E-state index contributed by atoms with van der Waals surface area (Å²) in [6, 6.07) is 0.741. The minimum atomic E-state index is 0.177. The SMILES string of the molecule is CCC1COC(C)CN1C(=O)C1CCNC(C)C1. The molecule has 4 atom stereocenters. The van der Waals surface area contributed by atoms with Gasteiger partial charge in [-0.3, -0.25) is 4.79 Å². The summed E-state index contributed by atoms with van der Waals surface area (Å²) < 4.78 is 5.66. The lowest BCUT2D eigenvalue weighted by atomic mass is 9.91. The highest BCUT2D eigenvalue weighted by molar-refractivity contribution is 5.79. The molecule has 4 heteroatoms. The Hall–Kier alpha value is -0.610. The van der Waals surface area contributed by atoms with Crippen LogP contribution in [0.25, 0.3) is 0 Å². The first-order valence-electron chi connectivity index (χ1n) is 7.27. The number of nitrogens with zero attached hydrogens (tertiary/aromatic N) is 1. The maximum atomic E-state index is 12.7. The van der Waals surface area contributed by atoms with Gasteiger partial charge in [0.15, 0.2) is 0 Å². The van der Waals surface area contributed by atoms with Gasteiger partial charge in [-0.2, -0.15) is 0 Å². The van der Waals surface area contributed by atoms with Gasteiger partial charge in [-0.05, 0) is 39.7 Å². The highest BCUT2D eigenvalue weighted by atomic mass is 16.5. The minimum absolute atomic E-state index is 0.177. The number of rotatable bonds is 2. The van der Waals surface area contributed by atoms with Crippen molar-refractivity contribution in [2.45, 2.75) is 58.2 Å². The Labute approximate surface area is 110 Å². The quantitative estimate of drug-likeness (QED) is 0.810. The molecule has 104 valence electrons. The van der Waals surface area contributed by atoms with Gasteiger partial charge >= 0.3 is 0 Å². The van der Waals surface area contributed by atoms with Gasteiger partial charge in [0.05, 0.1) is 18.8 Å². The summed E-state index contributed by atoms with van der Waals surface area (Å²) in [5.74, 6) is 0.561. The zero-order valence-electron chi connectivity index (χ0n) is 11.8. The summed E-state index contributed by atoms with van der Waals surface area (Å²) >= 11 is 0. The molecule has 0 aliphatic carbocycles. The maximum Gasteiger partial charge on any atom is 0.226 e. The van der Waals surface area contributed by atoms with E-state index >= 15 is 0 Å². The second-order valence-electron chi connectivity index (χ2n) is 5.77. The van der Waals surface area contributed by atoms with E-state index in [1.165, 1.54) is 0 Å². The molecule has 4 nitrogen and oxygen atoms in total. The van der Waals surface area contributed by atoms with Crippen molar-refractivity contribution in [3.63, 3.8) is 0 Å². The molecule has 0 radical (unpaired) electrons. The number of piperidine rings is 1. The molecule has 2 rings (SSSR count). The standard InChI is InChI=1S/C14H26N2O2/c1-4-13-9-18-11(3)8-16(13)14(17)12-5-6-15-10(2)7-12/h10-13,15H,4-9H2,1-3H3. The molecule has 2 aliphatic heterocycles. The lowest BCUT2D eigenvalue weighted by Gasteiger charge is -2.41. The molecule has 4 unspecified atom stereocenters. The third kappa shape index (κ3) is 3.04. The number of hydrogen-bond acceptors (Lipinski definition) is 3. The summed E-state index contributed by atoms with van der Waals surface area (Å²) in [4.78, 5) is 14.7. The van der Waals surface area contributed by atoms with Crippen molar-refractivity contribution in [2.75, 3.05) is 19.7 Å². The van der Waals surface area contributed by atoms with Gasteiger partial charge in [-0.1, -0.05) is 6.92 Å². The van der Waals surface area contributed by atoms with Gasteiger partial charge < -0.3 is 15.0 Å². The Kier molecular flexibility index (Phi) is 4.62. The number of ether oxygens (including phenoxy) is 1. The number of hydrogen-bond donors (Lipinski definition) is 1. The van der Waals surface area contributed by atoms with Crippen LogP contribution in [0.1, 0.15) is 40.0 Å². The first-order chi connectivity index (χ1) is 8.61. The number of nitrogens with one attached hydrogen (secondary N) is 1. The molecule has 0 bridgehead atoms. The monoisotopic (exact) mass is 254 g/mol. The Morgan fingerprint density at radius 1 is 1.44 bits per heavy atom. The van der Waals surface area contributed by atoms with Crippen LogP contribution in [0.3, 0.4) is 0 Å². The van der Waals surface area contributed by atoms with Gasteiger partial charge in [0, 0.05) is 18.5 Å². The van der Waals surface area contributed by atoms with Crippen LogP contribution in [0.2, 0.25) is 0 Å². The van der Waals surface area contributed by atoms with E-state index in [4.69, 9.17) is 4.74 Å². The van der Waals surface area contributed by atoms with E-state index in [2.05, 4.69) is 31.0 Å². The molecule has 0 saturated carbocycles. The largest absolute Gasteiger partial charge is 0.375 e. The van der Waals surface area contributed by atoms with Crippen molar-refractivity contribution in [1.82, 2.24) is 10.2 Å². The van der Waals surface area contributed by atoms with E-state index in [0.717, 1.165) is 32.4 Å². The van der Waals surface area contributed by atoms with E-state index < -0.39 is 0 Å². The summed E-state index contributed by atoms with van der Waals surface area (Å²) in [5, 5.41) is 3.41. The van der Waals surface area contributed by atoms with Gasteiger partial charge in [-0.15, -0.1) is 0 Å². The third-order valence-electron chi connectivity index (χ3n) is 4.19. The molecular formula is C14H26N2O2. The highest BCUT2D eigenvalue weighted by Crippen LogP contribution is 2.23. The van der Waals surface area contributed by atoms with Crippen LogP contribution in [0.15, 0.2) is 0 Å². The molecule has 2 saturated heterocycles. The smallest absolute Gasteiger partial charge is 0.226 e. The topological polar surface area (TPSA) is 41.6 Å². The van der Waals surface area contributed by atoms with Crippen LogP contribution in [-0.2, 0) is 9.53 Å². The maximum absolute atomic E-state index is 12.7. The van der Waals surface area contributed by atoms with Crippen molar-refractivity contribution in [2.24, 2.45) is 5.92 Å². The zero-order valence-corrected chi connectivity index (χ0v) is 11.8. The molecule has 0 aromatic heterocycles. The summed E-state index contributed by atoms with van der Waals surface area (Å²) in [6.07, 6.45) is 3.11. The van der Waals surface area contributed by atoms with E-state index in [1.807, 2.05) is 0 Å². The summed E-state index contributed by atoms with van der Waals surface area (Å²) in [6.45, 7) is 8.78. The summed E-state index contributed by atoms with van der Waals surface area (Å²) in [5.41, 5.74) is 0. The molecule has 0 aromatic rings. The predicted octanol–water partition coefficient (Wildman–Crippen LogP) is 1.40. The highest BCUT2D eigenvalue weighted by Gasteiger charge is 2.34. The van der Waals surface area contributed by atoms with Crippen LogP contribution < -0.4 is 5.32 Å². The average molecular weight is 254 g/mol. The van der Waals surface area contributed by atoms with Crippen molar-refractivity contribution in [3.8, 4) is 0 Å². The van der Waals surface area contributed by atoms with Crippen LogP contribution >= 0.6 is 0 Å². The fraction of sp³-hybridized carbons (Fsp3) is 0.929. The number of carbonyl (C=O) groups is 1. The molecule has 2 fully saturated rings. The number of amides is 1. The van der Waals surface area contributed by atoms with Gasteiger partial charge in [-0.25, -0.2) is 0 Å². The molecule has 1 N–H and O–H groups in total. The van der Waals surface area contributed by atoms with Crippen LogP contribution in [-0.4, -0.2) is 48.7 Å². The lowest BCUT2D eigenvalue weighted by Crippen LogP contribution is -2.54. The molecule has 2 heterocycles. The molecule has 18 heavy (non-hydrogen) atoms. The second kappa shape index (κ2) is 6.02. The normalized spacial score (nSPS) is 37.6. The molecule has 1 amide bonds. The molecular weight excluding hydrogens is 228 g/mol. The number of carbonyl (C=O) groups excluding carboxylic acids is 1. The molecule has 0 aromatic carbocycles. The van der Waals surface area contributed by atoms with Crippen LogP contribution in [0.4, 0.5) is 0 Å². The first-order valence-corrected chi connectivity index (χ1v) is 7.27. The fourth-order valence-electron chi connectivity index (χ4n) is 3.04. The molecule has 0 spiro atoms. The van der Waals surface area contributed by atoms with Gasteiger partial charge in [0.1, 0.15) is 0 Å². The average Bonchev–Trinajstić information content (AvgIpc) is 2.38. The van der Waals surface area contributed by atoms with Crippen LogP contribution in [0, 0.1) is 5.92 Å². The second-order valence-corrected chi connectivity index (χ2v) is 5.77. The Morgan fingerprint density at radius 3 is 2.89 bits per heavy atom. The summed E-state index contributed by atoms with van der Waals surface area (Å²) in [7, 11) is 0. The van der Waals surface area contributed by atoms with E-state index in [-0.39, 0.29) is 18.1 Å². The Morgan fingerprint density at radius 2 is 2.22 bits per heavy atom. The Bertz CT molecular complexity index is 296.